The van der Waals surface area contributed by atoms with Gasteiger partial charge in [0.15, 0.2) is 5.71 Å². The summed E-state index contributed by atoms with van der Waals surface area (Å²) in [6, 6.07) is 17.4. The number of hydrogen-bond donors (Lipinski definition) is 0. The van der Waals surface area contributed by atoms with Crippen LogP contribution in [0.15, 0.2) is 94.2 Å². The van der Waals surface area contributed by atoms with Gasteiger partial charge in [-0.15, -0.1) is 0 Å². The fourth-order valence-corrected chi connectivity index (χ4v) is 5.02. The molecule has 0 saturated carbocycles. The molecule has 164 valence electrons. The van der Waals surface area contributed by atoms with Crippen molar-refractivity contribution in [2.45, 2.75) is 47.5 Å². The molecule has 0 saturated heterocycles. The second kappa shape index (κ2) is 8.78. The Balaban J connectivity index is 1.59. The molecule has 0 atom stereocenters. The van der Waals surface area contributed by atoms with Crippen LogP contribution in [0.1, 0.15) is 45.7 Å². The second-order valence-corrected chi connectivity index (χ2v) is 9.27. The first-order chi connectivity index (χ1) is 15.3. The minimum Gasteiger partial charge on any atom is -0.347 e. The Hall–Kier alpha value is -3.13. The van der Waals surface area contributed by atoms with E-state index in [1.807, 2.05) is 0 Å². The molecule has 2 heteroatoms. The lowest BCUT2D eigenvalue weighted by molar-refractivity contribution is -0.401. The zero-order valence-corrected chi connectivity index (χ0v) is 20.6. The number of hydrogen-bond acceptors (Lipinski definition) is 1. The van der Waals surface area contributed by atoms with Gasteiger partial charge in [0.2, 0.25) is 5.69 Å². The van der Waals surface area contributed by atoms with Gasteiger partial charge in [0.05, 0.1) is 6.42 Å². The molecule has 0 aromatic heterocycles. The maximum Gasteiger partial charge on any atom is 0.208 e. The van der Waals surface area contributed by atoms with E-state index in [4.69, 9.17) is 0 Å². The largest absolute Gasteiger partial charge is 0.347 e. The van der Waals surface area contributed by atoms with Gasteiger partial charge in [0, 0.05) is 42.1 Å². The van der Waals surface area contributed by atoms with E-state index in [1.165, 1.54) is 61.8 Å². The summed E-state index contributed by atoms with van der Waals surface area (Å²) in [7, 11) is 4.36. The van der Waals surface area contributed by atoms with Crippen molar-refractivity contribution in [2.75, 3.05) is 19.0 Å². The first kappa shape index (κ1) is 22.1. The van der Waals surface area contributed by atoms with Crippen LogP contribution in [-0.2, 0) is 12.8 Å². The molecule has 0 spiro atoms. The van der Waals surface area contributed by atoms with Gasteiger partial charge in [0.25, 0.3) is 0 Å². The number of benzene rings is 2. The van der Waals surface area contributed by atoms with Gasteiger partial charge in [0.1, 0.15) is 7.05 Å². The fraction of sp³-hybridized carbons (Fsp3) is 0.300. The monoisotopic (exact) mass is 423 g/mol. The van der Waals surface area contributed by atoms with Gasteiger partial charge in [-0.25, -0.2) is 0 Å². The Kier molecular flexibility index (Phi) is 6.06. The molecule has 2 aliphatic heterocycles. The van der Waals surface area contributed by atoms with Crippen molar-refractivity contribution in [1.82, 2.24) is 0 Å². The third-order valence-corrected chi connectivity index (χ3v) is 7.19. The lowest BCUT2D eigenvalue weighted by Gasteiger charge is -2.17. The molecule has 32 heavy (non-hydrogen) atoms. The van der Waals surface area contributed by atoms with Crippen LogP contribution in [0.4, 0.5) is 11.4 Å². The predicted octanol–water partition coefficient (Wildman–Crippen LogP) is 7.15. The van der Waals surface area contributed by atoms with Crippen LogP contribution in [0.5, 0.6) is 0 Å². The van der Waals surface area contributed by atoms with Gasteiger partial charge < -0.3 is 4.90 Å². The van der Waals surface area contributed by atoms with Crippen LogP contribution in [0.25, 0.3) is 0 Å². The van der Waals surface area contributed by atoms with E-state index < -0.39 is 0 Å². The lowest BCUT2D eigenvalue weighted by Crippen LogP contribution is -2.12. The molecule has 0 radical (unpaired) electrons. The maximum absolute atomic E-state index is 2.35. The van der Waals surface area contributed by atoms with Crippen LogP contribution in [0, 0.1) is 0 Å². The van der Waals surface area contributed by atoms with Crippen LogP contribution in [-0.4, -0.2) is 24.4 Å². The summed E-state index contributed by atoms with van der Waals surface area (Å²) in [6.45, 7) is 11.2. The van der Waals surface area contributed by atoms with Gasteiger partial charge in [-0.05, 0) is 74.6 Å². The number of para-hydroxylation sites is 2. The molecular weight excluding hydrogens is 388 g/mol. The topological polar surface area (TPSA) is 6.25 Å². The van der Waals surface area contributed by atoms with Crippen molar-refractivity contribution in [3.63, 3.8) is 0 Å². The standard InChI is InChI=1S/C30H35N2/c1-20(16-22(3)29-18-25-12-8-10-14-27(25)31(29)6)24(5)21(2)17-23(4)30-19-26-13-9-11-15-28(26)32(30)7/h8-17H,18-19H2,1-7H3/q+1. The molecule has 2 aromatic rings. The Bertz CT molecular complexity index is 1230. The predicted molar refractivity (Wildman–Crippen MR) is 138 cm³/mol. The van der Waals surface area contributed by atoms with E-state index in [1.54, 1.807) is 0 Å². The zero-order valence-electron chi connectivity index (χ0n) is 20.6. The molecule has 2 nitrogen and oxygen atoms in total. The lowest BCUT2D eigenvalue weighted by atomic mass is 9.97. The van der Waals surface area contributed by atoms with Crippen LogP contribution < -0.4 is 4.90 Å². The number of nitrogens with zero attached hydrogens (tertiary/aromatic N) is 2. The molecule has 0 bridgehead atoms. The SMILES string of the molecule is C\C(=C/C(C)=C(C)/C(C)=C/C(C)=C1\Cc2ccccc2N1C)C1=[N+](C)c2ccccc2C1. The average molecular weight is 424 g/mol. The number of allylic oxidation sites excluding steroid dienone is 8. The highest BCUT2D eigenvalue weighted by Crippen LogP contribution is 2.35. The molecule has 0 amide bonds. The van der Waals surface area contributed by atoms with E-state index in [0.717, 1.165) is 12.8 Å². The Morgan fingerprint density at radius 3 is 2.19 bits per heavy atom. The maximum atomic E-state index is 2.35. The Labute approximate surface area is 193 Å². The van der Waals surface area contributed by atoms with Crippen molar-refractivity contribution < 1.29 is 4.58 Å². The normalized spacial score (nSPS) is 18.7. The van der Waals surface area contributed by atoms with Gasteiger partial charge in [-0.2, -0.15) is 4.58 Å². The van der Waals surface area contributed by atoms with Crippen molar-refractivity contribution in [3.05, 3.63) is 105 Å². The van der Waals surface area contributed by atoms with E-state index >= 15 is 0 Å². The summed E-state index contributed by atoms with van der Waals surface area (Å²) in [4.78, 5) is 2.34. The summed E-state index contributed by atoms with van der Waals surface area (Å²) in [5.41, 5.74) is 15.0. The molecule has 2 aliphatic rings. The smallest absolute Gasteiger partial charge is 0.208 e. The first-order valence-corrected chi connectivity index (χ1v) is 11.5. The first-order valence-electron chi connectivity index (χ1n) is 11.5. The van der Waals surface area contributed by atoms with Crippen molar-refractivity contribution in [2.24, 2.45) is 0 Å². The van der Waals surface area contributed by atoms with Gasteiger partial charge >= 0.3 is 0 Å². The summed E-state index contributed by atoms with van der Waals surface area (Å²) in [5.74, 6) is 0. The van der Waals surface area contributed by atoms with E-state index in [-0.39, 0.29) is 0 Å². The van der Waals surface area contributed by atoms with E-state index in [0.29, 0.717) is 0 Å². The van der Waals surface area contributed by atoms with Crippen LogP contribution in [0.3, 0.4) is 0 Å². The molecule has 2 heterocycles. The van der Waals surface area contributed by atoms with Crippen LogP contribution in [0.2, 0.25) is 0 Å². The second-order valence-electron chi connectivity index (χ2n) is 9.27. The number of likely N-dealkylation sites (N-methyl/N-ethyl adjacent to an activating group) is 1. The average Bonchev–Trinajstić information content (AvgIpc) is 3.31. The summed E-state index contributed by atoms with van der Waals surface area (Å²) >= 11 is 0. The molecule has 2 aromatic carbocycles. The third-order valence-electron chi connectivity index (χ3n) is 7.19. The molecule has 4 rings (SSSR count). The minimum absolute atomic E-state index is 1.01. The van der Waals surface area contributed by atoms with Gasteiger partial charge in [-0.1, -0.05) is 42.5 Å². The highest BCUT2D eigenvalue weighted by molar-refractivity contribution is 6.00. The molecule has 0 aliphatic carbocycles. The highest BCUT2D eigenvalue weighted by atomic mass is 15.1. The zero-order chi connectivity index (χ0) is 23.0. The molecule has 0 N–H and O–H groups in total. The van der Waals surface area contributed by atoms with E-state index in [2.05, 4.69) is 119 Å². The molecule has 0 fully saturated rings. The number of fused-ring (bicyclic) bond motifs is 2. The van der Waals surface area contributed by atoms with Crippen molar-refractivity contribution in [3.8, 4) is 0 Å². The number of rotatable bonds is 4. The van der Waals surface area contributed by atoms with Crippen molar-refractivity contribution >= 4 is 17.1 Å². The highest BCUT2D eigenvalue weighted by Gasteiger charge is 2.27. The minimum atomic E-state index is 1.01. The summed E-state index contributed by atoms with van der Waals surface area (Å²) < 4.78 is 2.34. The van der Waals surface area contributed by atoms with E-state index in [9.17, 15) is 0 Å². The summed E-state index contributed by atoms with van der Waals surface area (Å²) in [5, 5.41) is 0. The Morgan fingerprint density at radius 1 is 0.844 bits per heavy atom. The third kappa shape index (κ3) is 4.02. The fourth-order valence-electron chi connectivity index (χ4n) is 5.02. The van der Waals surface area contributed by atoms with Gasteiger partial charge in [-0.3, -0.25) is 0 Å². The Morgan fingerprint density at radius 2 is 1.50 bits per heavy atom. The quantitative estimate of drug-likeness (QED) is 0.374. The molecule has 0 unspecified atom stereocenters. The van der Waals surface area contributed by atoms with Crippen LogP contribution >= 0.6 is 0 Å². The van der Waals surface area contributed by atoms with Crippen molar-refractivity contribution in [1.29, 1.82) is 0 Å². The summed E-state index contributed by atoms with van der Waals surface area (Å²) in [6.07, 6.45) is 6.72. The molecular formula is C30H35N2+. The number of anilines is 1.